The van der Waals surface area contributed by atoms with Crippen molar-refractivity contribution in [3.63, 3.8) is 0 Å². The highest BCUT2D eigenvalue weighted by Gasteiger charge is 2.23. The number of carbonyl (C=O) groups is 1. The van der Waals surface area contributed by atoms with E-state index >= 15 is 0 Å². The lowest BCUT2D eigenvalue weighted by Crippen LogP contribution is -2.54. The number of benzene rings is 2. The van der Waals surface area contributed by atoms with Gasteiger partial charge in [-0.15, -0.1) is 0 Å². The molecule has 1 aliphatic rings. The number of nitrogens with zero attached hydrogens (tertiary/aromatic N) is 2. The van der Waals surface area contributed by atoms with Gasteiger partial charge in [-0.1, -0.05) is 6.07 Å². The van der Waals surface area contributed by atoms with Gasteiger partial charge in [-0.25, -0.2) is 13.6 Å². The predicted octanol–water partition coefficient (Wildman–Crippen LogP) is 3.15. The molecule has 1 aromatic heterocycles. The molecule has 6 nitrogen and oxygen atoms in total. The van der Waals surface area contributed by atoms with Crippen molar-refractivity contribution in [2.24, 2.45) is 0 Å². The van der Waals surface area contributed by atoms with E-state index in [4.69, 9.17) is 0 Å². The summed E-state index contributed by atoms with van der Waals surface area (Å²) in [5.41, 5.74) is -0.647. The highest BCUT2D eigenvalue weighted by atomic mass is 19.1. The van der Waals surface area contributed by atoms with Gasteiger partial charge in [-0.2, -0.15) is 0 Å². The zero-order valence-electron chi connectivity index (χ0n) is 16.5. The number of pyridine rings is 1. The zero-order valence-corrected chi connectivity index (χ0v) is 16.5. The van der Waals surface area contributed by atoms with Gasteiger partial charge in [0.1, 0.15) is 22.9 Å². The molecule has 1 aliphatic heterocycles. The minimum Gasteiger partial charge on any atom is -0.477 e. The maximum absolute atomic E-state index is 14.6. The van der Waals surface area contributed by atoms with Gasteiger partial charge >= 0.3 is 5.97 Å². The summed E-state index contributed by atoms with van der Waals surface area (Å²) in [7, 11) is 0. The molecule has 3 aromatic rings. The molecule has 2 N–H and O–H groups in total. The van der Waals surface area contributed by atoms with Crippen LogP contribution in [0.15, 0.2) is 47.4 Å². The molecule has 0 amide bonds. The summed E-state index contributed by atoms with van der Waals surface area (Å²) in [5, 5.41) is 13.0. The Hall–Kier alpha value is -3.26. The average Bonchev–Trinajstić information content (AvgIpc) is 2.68. The van der Waals surface area contributed by atoms with Crippen molar-refractivity contribution in [1.29, 1.82) is 0 Å². The highest BCUT2D eigenvalue weighted by Crippen LogP contribution is 2.27. The number of nitrogens with one attached hydrogen (secondary N) is 1. The fraction of sp³-hybridized carbons (Fsp3) is 0.273. The molecule has 8 heteroatoms. The molecule has 2 aromatic carbocycles. The molecule has 4 rings (SSSR count). The van der Waals surface area contributed by atoms with Gasteiger partial charge in [0.25, 0.3) is 0 Å². The van der Waals surface area contributed by atoms with E-state index in [0.717, 1.165) is 41.7 Å². The second kappa shape index (κ2) is 7.53. The summed E-state index contributed by atoms with van der Waals surface area (Å²) < 4.78 is 30.2. The summed E-state index contributed by atoms with van der Waals surface area (Å²) >= 11 is 0. The number of carboxylic acids is 1. The van der Waals surface area contributed by atoms with Crippen molar-refractivity contribution in [1.82, 2.24) is 9.88 Å². The summed E-state index contributed by atoms with van der Waals surface area (Å²) in [6.45, 7) is 5.57. The number of aromatic nitrogens is 1. The molecule has 2 atom stereocenters. The van der Waals surface area contributed by atoms with Crippen LogP contribution >= 0.6 is 0 Å². The van der Waals surface area contributed by atoms with Crippen LogP contribution in [0.1, 0.15) is 24.2 Å². The molecule has 2 unspecified atom stereocenters. The molecule has 30 heavy (non-hydrogen) atoms. The van der Waals surface area contributed by atoms with Crippen LogP contribution in [-0.4, -0.2) is 40.8 Å². The molecule has 0 bridgehead atoms. The maximum atomic E-state index is 14.6. The van der Waals surface area contributed by atoms with Crippen molar-refractivity contribution < 1.29 is 18.7 Å². The lowest BCUT2D eigenvalue weighted by molar-refractivity contribution is 0.0695. The molecule has 1 fully saturated rings. The van der Waals surface area contributed by atoms with E-state index in [1.807, 2.05) is 0 Å². The third-order valence-electron chi connectivity index (χ3n) is 5.32. The van der Waals surface area contributed by atoms with E-state index < -0.39 is 34.3 Å². The number of hydrogen-bond acceptors (Lipinski definition) is 4. The van der Waals surface area contributed by atoms with Gasteiger partial charge in [0.2, 0.25) is 5.43 Å². The highest BCUT2D eigenvalue weighted by molar-refractivity contribution is 5.94. The largest absolute Gasteiger partial charge is 0.477 e. The number of hydrogen-bond donors (Lipinski definition) is 2. The fourth-order valence-corrected chi connectivity index (χ4v) is 4.10. The van der Waals surface area contributed by atoms with Crippen LogP contribution in [0, 0.1) is 11.6 Å². The second-order valence-corrected chi connectivity index (χ2v) is 7.69. The van der Waals surface area contributed by atoms with Gasteiger partial charge in [-0.05, 0) is 44.2 Å². The first-order valence-electron chi connectivity index (χ1n) is 9.64. The quantitative estimate of drug-likeness (QED) is 0.690. The second-order valence-electron chi connectivity index (χ2n) is 7.69. The topological polar surface area (TPSA) is 74.6 Å². The molecule has 0 aliphatic carbocycles. The van der Waals surface area contributed by atoms with E-state index in [2.05, 4.69) is 24.1 Å². The van der Waals surface area contributed by atoms with E-state index in [-0.39, 0.29) is 23.0 Å². The maximum Gasteiger partial charge on any atom is 0.341 e. The van der Waals surface area contributed by atoms with E-state index in [1.165, 1.54) is 12.1 Å². The van der Waals surface area contributed by atoms with E-state index in [1.54, 1.807) is 12.1 Å². The van der Waals surface area contributed by atoms with Crippen LogP contribution in [-0.2, 0) is 0 Å². The summed E-state index contributed by atoms with van der Waals surface area (Å²) in [4.78, 5) is 26.4. The number of para-hydroxylation sites is 1. The van der Waals surface area contributed by atoms with Crippen LogP contribution in [0.5, 0.6) is 0 Å². The average molecular weight is 413 g/mol. The monoisotopic (exact) mass is 413 g/mol. The zero-order chi connectivity index (χ0) is 21.6. The lowest BCUT2D eigenvalue weighted by Gasteiger charge is -2.37. The number of aromatic carboxylic acids is 1. The molecule has 0 saturated carbocycles. The third-order valence-corrected chi connectivity index (χ3v) is 5.32. The molecule has 0 spiro atoms. The molecular weight excluding hydrogens is 392 g/mol. The number of rotatable bonds is 3. The van der Waals surface area contributed by atoms with Crippen molar-refractivity contribution in [2.75, 3.05) is 18.0 Å². The Labute approximate surface area is 171 Å². The first-order chi connectivity index (χ1) is 14.3. The van der Waals surface area contributed by atoms with Crippen molar-refractivity contribution in [3.8, 4) is 5.69 Å². The molecule has 2 heterocycles. The molecular formula is C22H21F2N3O3. The predicted molar refractivity (Wildman–Crippen MR) is 111 cm³/mol. The van der Waals surface area contributed by atoms with Crippen molar-refractivity contribution in [3.05, 3.63) is 70.0 Å². The minimum absolute atomic E-state index is 0.0811. The Balaban J connectivity index is 2.00. The van der Waals surface area contributed by atoms with Gasteiger partial charge in [-0.3, -0.25) is 4.79 Å². The number of carboxylic acid groups (broad SMARTS) is 1. The summed E-state index contributed by atoms with van der Waals surface area (Å²) in [6.07, 6.45) is 0.987. The molecule has 0 radical (unpaired) electrons. The summed E-state index contributed by atoms with van der Waals surface area (Å²) in [5.74, 6) is -3.17. The SMILES string of the molecule is CC1CN(c2ccc3c(=O)c(C(=O)O)cn(-c4c(F)cccc4F)c3c2)CC(C)N1. The Bertz CT molecular complexity index is 1180. The normalized spacial score (nSPS) is 19.3. The third kappa shape index (κ3) is 3.43. The summed E-state index contributed by atoms with van der Waals surface area (Å²) in [6, 6.07) is 8.83. The van der Waals surface area contributed by atoms with Gasteiger partial charge < -0.3 is 19.9 Å². The van der Waals surface area contributed by atoms with E-state index in [9.17, 15) is 23.5 Å². The van der Waals surface area contributed by atoms with E-state index in [0.29, 0.717) is 0 Å². The van der Waals surface area contributed by atoms with Crippen LogP contribution < -0.4 is 15.6 Å². The van der Waals surface area contributed by atoms with Gasteiger partial charge in [0.15, 0.2) is 0 Å². The first-order valence-corrected chi connectivity index (χ1v) is 9.64. The standard InChI is InChI=1S/C22H21F2N3O3/c1-12-9-26(10-13(2)25-12)14-6-7-15-19(8-14)27(11-16(21(15)28)22(29)30)20-17(23)4-3-5-18(20)24/h3-8,11-13,25H,9-10H2,1-2H3,(H,29,30). The van der Waals surface area contributed by atoms with Crippen LogP contribution in [0.25, 0.3) is 16.6 Å². The smallest absolute Gasteiger partial charge is 0.341 e. The number of fused-ring (bicyclic) bond motifs is 1. The fourth-order valence-electron chi connectivity index (χ4n) is 4.10. The van der Waals surface area contributed by atoms with Crippen molar-refractivity contribution in [2.45, 2.75) is 25.9 Å². The molecule has 156 valence electrons. The Morgan fingerprint density at radius 3 is 2.33 bits per heavy atom. The Kier molecular flexibility index (Phi) is 5.03. The van der Waals surface area contributed by atoms with Crippen molar-refractivity contribution >= 4 is 22.6 Å². The number of halogens is 2. The Morgan fingerprint density at radius 2 is 1.73 bits per heavy atom. The first kappa shape index (κ1) is 20.0. The van der Waals surface area contributed by atoms with Crippen LogP contribution in [0.2, 0.25) is 0 Å². The number of anilines is 1. The molecule has 1 saturated heterocycles. The van der Waals surface area contributed by atoms with Gasteiger partial charge in [0.05, 0.1) is 5.52 Å². The number of piperazine rings is 1. The van der Waals surface area contributed by atoms with Crippen LogP contribution in [0.3, 0.4) is 0 Å². The van der Waals surface area contributed by atoms with Gasteiger partial charge in [0, 0.05) is 42.4 Å². The minimum atomic E-state index is -1.46. The lowest BCUT2D eigenvalue weighted by atomic mass is 10.1. The van der Waals surface area contributed by atoms with Crippen LogP contribution in [0.4, 0.5) is 14.5 Å². The Morgan fingerprint density at radius 1 is 1.10 bits per heavy atom.